The zero-order chi connectivity index (χ0) is 12.3. The topological polar surface area (TPSA) is 64.1 Å². The molecule has 2 rings (SSSR count). The first-order chi connectivity index (χ1) is 8.04. The van der Waals surface area contributed by atoms with Gasteiger partial charge in [0.1, 0.15) is 0 Å². The van der Waals surface area contributed by atoms with Crippen LogP contribution >= 0.6 is 0 Å². The van der Waals surface area contributed by atoms with Gasteiger partial charge in [-0.15, -0.1) is 0 Å². The Morgan fingerprint density at radius 1 is 1.35 bits per heavy atom. The molecule has 2 aromatic heterocycles. The van der Waals surface area contributed by atoms with Crippen LogP contribution in [0.5, 0.6) is 0 Å². The maximum absolute atomic E-state index is 5.19. The van der Waals surface area contributed by atoms with Gasteiger partial charge in [0.25, 0.3) is 0 Å². The minimum Gasteiger partial charge on any atom is -0.461 e. The predicted molar refractivity (Wildman–Crippen MR) is 63.5 cm³/mol. The fraction of sp³-hybridized carbons (Fsp3) is 0.500. The van der Waals surface area contributed by atoms with Crippen LogP contribution in [0.1, 0.15) is 26.7 Å². The van der Waals surface area contributed by atoms with E-state index in [2.05, 4.69) is 36.2 Å². The number of rotatable bonds is 4. The molecule has 5 nitrogen and oxygen atoms in total. The summed E-state index contributed by atoms with van der Waals surface area (Å²) in [5.74, 6) is 1.75. The first kappa shape index (κ1) is 11.9. The average Bonchev–Trinajstić information content (AvgIpc) is 2.83. The number of nitrogens with one attached hydrogen (secondary N) is 1. The molecule has 17 heavy (non-hydrogen) atoms. The van der Waals surface area contributed by atoms with E-state index in [1.807, 2.05) is 6.07 Å². The summed E-state index contributed by atoms with van der Waals surface area (Å²) < 4.78 is 10.3. The van der Waals surface area contributed by atoms with Crippen molar-refractivity contribution in [1.29, 1.82) is 0 Å². The van der Waals surface area contributed by atoms with Gasteiger partial charge < -0.3 is 14.3 Å². The van der Waals surface area contributed by atoms with Gasteiger partial charge in [-0.1, -0.05) is 5.16 Å². The van der Waals surface area contributed by atoms with Crippen molar-refractivity contribution in [2.45, 2.75) is 32.7 Å². The van der Waals surface area contributed by atoms with E-state index in [1.165, 1.54) is 0 Å². The first-order valence-corrected chi connectivity index (χ1v) is 5.66. The highest BCUT2D eigenvalue weighted by molar-refractivity contribution is 5.44. The van der Waals surface area contributed by atoms with Crippen molar-refractivity contribution >= 4 is 0 Å². The minimum absolute atomic E-state index is 0.101. The molecule has 2 heterocycles. The highest BCUT2D eigenvalue weighted by Gasteiger charge is 2.12. The Kier molecular flexibility index (Phi) is 3.28. The largest absolute Gasteiger partial charge is 0.461 e. The maximum atomic E-state index is 5.19. The van der Waals surface area contributed by atoms with E-state index in [-0.39, 0.29) is 5.54 Å². The third-order valence-corrected chi connectivity index (χ3v) is 2.20. The van der Waals surface area contributed by atoms with E-state index in [9.17, 15) is 0 Å². The zero-order valence-corrected chi connectivity index (χ0v) is 10.4. The van der Waals surface area contributed by atoms with Gasteiger partial charge in [0.05, 0.1) is 6.26 Å². The van der Waals surface area contributed by atoms with Crippen LogP contribution in [0.4, 0.5) is 0 Å². The van der Waals surface area contributed by atoms with Crippen LogP contribution in [0.3, 0.4) is 0 Å². The molecule has 0 fully saturated rings. The Morgan fingerprint density at radius 2 is 2.18 bits per heavy atom. The van der Waals surface area contributed by atoms with Crippen molar-refractivity contribution in [2.24, 2.45) is 0 Å². The van der Waals surface area contributed by atoms with Gasteiger partial charge in [-0.05, 0) is 32.9 Å². The second-order valence-electron chi connectivity index (χ2n) is 4.92. The molecule has 0 aliphatic heterocycles. The Balaban J connectivity index is 1.91. The number of hydrogen-bond acceptors (Lipinski definition) is 5. The maximum Gasteiger partial charge on any atom is 0.238 e. The fourth-order valence-corrected chi connectivity index (χ4v) is 1.41. The fourth-order valence-electron chi connectivity index (χ4n) is 1.41. The van der Waals surface area contributed by atoms with Crippen molar-refractivity contribution < 1.29 is 8.94 Å². The van der Waals surface area contributed by atoms with Crippen LogP contribution in [-0.4, -0.2) is 22.2 Å². The van der Waals surface area contributed by atoms with Gasteiger partial charge in [0.15, 0.2) is 5.76 Å². The van der Waals surface area contributed by atoms with Crippen molar-refractivity contribution in [3.05, 3.63) is 24.3 Å². The molecule has 1 N–H and O–H groups in total. The highest BCUT2D eigenvalue weighted by atomic mass is 16.5. The molecular formula is C12H17N3O2. The van der Waals surface area contributed by atoms with Gasteiger partial charge in [-0.3, -0.25) is 0 Å². The Bertz CT molecular complexity index is 454. The molecule has 0 atom stereocenters. The molecule has 2 aromatic rings. The summed E-state index contributed by atoms with van der Waals surface area (Å²) in [6.07, 6.45) is 2.30. The number of furan rings is 1. The molecule has 5 heteroatoms. The molecule has 0 aromatic carbocycles. The van der Waals surface area contributed by atoms with Gasteiger partial charge in [-0.2, -0.15) is 4.98 Å². The quantitative estimate of drug-likeness (QED) is 0.880. The SMILES string of the molecule is CC(C)(C)NCCc1nc(-c2ccco2)no1. The molecule has 0 saturated carbocycles. The monoisotopic (exact) mass is 235 g/mol. The summed E-state index contributed by atoms with van der Waals surface area (Å²) in [5.41, 5.74) is 0.101. The molecule has 0 aliphatic rings. The zero-order valence-electron chi connectivity index (χ0n) is 10.4. The normalized spacial score (nSPS) is 11.9. The average molecular weight is 235 g/mol. The summed E-state index contributed by atoms with van der Waals surface area (Å²) in [7, 11) is 0. The van der Waals surface area contributed by atoms with Gasteiger partial charge in [0, 0.05) is 18.5 Å². The molecule has 0 amide bonds. The lowest BCUT2D eigenvalue weighted by Crippen LogP contribution is -2.37. The van der Waals surface area contributed by atoms with Crippen molar-refractivity contribution in [1.82, 2.24) is 15.5 Å². The lowest BCUT2D eigenvalue weighted by Gasteiger charge is -2.19. The minimum atomic E-state index is 0.101. The second-order valence-corrected chi connectivity index (χ2v) is 4.92. The third kappa shape index (κ3) is 3.42. The molecule has 0 bridgehead atoms. The Morgan fingerprint density at radius 3 is 2.82 bits per heavy atom. The van der Waals surface area contributed by atoms with Crippen molar-refractivity contribution in [3.63, 3.8) is 0 Å². The molecule has 0 radical (unpaired) electrons. The van der Waals surface area contributed by atoms with Crippen LogP contribution in [-0.2, 0) is 6.42 Å². The predicted octanol–water partition coefficient (Wildman–Crippen LogP) is 2.26. The summed E-state index contributed by atoms with van der Waals surface area (Å²) in [4.78, 5) is 4.26. The molecular weight excluding hydrogens is 218 g/mol. The summed E-state index contributed by atoms with van der Waals surface area (Å²) in [5, 5.41) is 7.23. The van der Waals surface area contributed by atoms with E-state index in [4.69, 9.17) is 8.94 Å². The van der Waals surface area contributed by atoms with E-state index in [1.54, 1.807) is 12.3 Å². The number of aromatic nitrogens is 2. The van der Waals surface area contributed by atoms with Crippen LogP contribution in [0.2, 0.25) is 0 Å². The number of hydrogen-bond donors (Lipinski definition) is 1. The van der Waals surface area contributed by atoms with Gasteiger partial charge >= 0.3 is 0 Å². The summed E-state index contributed by atoms with van der Waals surface area (Å²) in [6, 6.07) is 3.61. The lowest BCUT2D eigenvalue weighted by molar-refractivity contribution is 0.361. The first-order valence-electron chi connectivity index (χ1n) is 5.66. The molecule has 92 valence electrons. The van der Waals surface area contributed by atoms with Crippen molar-refractivity contribution in [3.8, 4) is 11.6 Å². The third-order valence-electron chi connectivity index (χ3n) is 2.20. The molecule has 0 saturated heterocycles. The van der Waals surface area contributed by atoms with E-state index < -0.39 is 0 Å². The Hall–Kier alpha value is -1.62. The van der Waals surface area contributed by atoms with Crippen LogP contribution in [0.25, 0.3) is 11.6 Å². The molecule has 0 aliphatic carbocycles. The van der Waals surface area contributed by atoms with Crippen LogP contribution < -0.4 is 5.32 Å². The summed E-state index contributed by atoms with van der Waals surface area (Å²) in [6.45, 7) is 7.17. The second kappa shape index (κ2) is 4.71. The smallest absolute Gasteiger partial charge is 0.238 e. The Labute approximate surface area is 100 Å². The van der Waals surface area contributed by atoms with Crippen LogP contribution in [0, 0.1) is 0 Å². The number of nitrogens with zero attached hydrogens (tertiary/aromatic N) is 2. The van der Waals surface area contributed by atoms with Gasteiger partial charge in [-0.25, -0.2) is 0 Å². The van der Waals surface area contributed by atoms with Gasteiger partial charge in [0.2, 0.25) is 11.7 Å². The summed E-state index contributed by atoms with van der Waals surface area (Å²) >= 11 is 0. The molecule has 0 spiro atoms. The van der Waals surface area contributed by atoms with Crippen LogP contribution in [0.15, 0.2) is 27.3 Å². The molecule has 0 unspecified atom stereocenters. The standard InChI is InChI=1S/C12H17N3O2/c1-12(2,3)13-7-6-10-14-11(15-17-10)9-5-4-8-16-9/h4-5,8,13H,6-7H2,1-3H3. The highest BCUT2D eigenvalue weighted by Crippen LogP contribution is 2.15. The van der Waals surface area contributed by atoms with E-state index >= 15 is 0 Å². The lowest BCUT2D eigenvalue weighted by atomic mass is 10.1. The van der Waals surface area contributed by atoms with E-state index in [0.717, 1.165) is 6.54 Å². The van der Waals surface area contributed by atoms with Crippen molar-refractivity contribution in [2.75, 3.05) is 6.54 Å². The van der Waals surface area contributed by atoms with E-state index in [0.29, 0.717) is 23.9 Å².